The molecule has 2 aromatic rings. The van der Waals surface area contributed by atoms with Crippen molar-refractivity contribution in [3.8, 4) is 0 Å². The summed E-state index contributed by atoms with van der Waals surface area (Å²) in [6.45, 7) is 0.273. The van der Waals surface area contributed by atoms with Crippen molar-refractivity contribution >= 4 is 0 Å². The van der Waals surface area contributed by atoms with E-state index in [9.17, 15) is 9.59 Å². The van der Waals surface area contributed by atoms with E-state index in [-0.39, 0.29) is 17.8 Å². The first-order valence-corrected chi connectivity index (χ1v) is 4.84. The molecule has 0 atom stereocenters. The van der Waals surface area contributed by atoms with E-state index in [1.54, 1.807) is 31.6 Å². The van der Waals surface area contributed by atoms with Crippen LogP contribution in [0.15, 0.2) is 46.4 Å². The van der Waals surface area contributed by atoms with Gasteiger partial charge in [0.1, 0.15) is 0 Å². The lowest BCUT2D eigenvalue weighted by molar-refractivity contribution is 0.639. The van der Waals surface area contributed by atoms with Crippen molar-refractivity contribution in [2.45, 2.75) is 6.54 Å². The molecule has 0 spiro atoms. The third-order valence-corrected chi connectivity index (χ3v) is 2.33. The summed E-state index contributed by atoms with van der Waals surface area (Å²) < 4.78 is 2.57. The average Bonchev–Trinajstić information content (AvgIpc) is 2.31. The Morgan fingerprint density at radius 3 is 2.56 bits per heavy atom. The van der Waals surface area contributed by atoms with E-state index in [2.05, 4.69) is 4.98 Å². The van der Waals surface area contributed by atoms with Crippen LogP contribution in [0.1, 0.15) is 5.56 Å². The van der Waals surface area contributed by atoms with Gasteiger partial charge in [-0.1, -0.05) is 0 Å². The lowest BCUT2D eigenvalue weighted by Crippen LogP contribution is -2.38. The minimum Gasteiger partial charge on any atom is -0.303 e. The molecule has 0 saturated carbocycles. The number of hydrogen-bond donors (Lipinski definition) is 0. The molecule has 2 aromatic heterocycles. The van der Waals surface area contributed by atoms with Gasteiger partial charge >= 0.3 is 5.69 Å². The van der Waals surface area contributed by atoms with E-state index in [4.69, 9.17) is 0 Å². The fourth-order valence-corrected chi connectivity index (χ4v) is 1.43. The van der Waals surface area contributed by atoms with Crippen molar-refractivity contribution in [3.63, 3.8) is 0 Å². The van der Waals surface area contributed by atoms with Crippen LogP contribution in [0.3, 0.4) is 0 Å². The van der Waals surface area contributed by atoms with Crippen molar-refractivity contribution in [3.05, 3.63) is 63.2 Å². The van der Waals surface area contributed by atoms with E-state index in [0.29, 0.717) is 0 Å². The van der Waals surface area contributed by atoms with Gasteiger partial charge in [0.25, 0.3) is 5.56 Å². The zero-order valence-electron chi connectivity index (χ0n) is 8.83. The summed E-state index contributed by atoms with van der Waals surface area (Å²) in [6, 6.07) is 4.93. The highest BCUT2D eigenvalue weighted by Crippen LogP contribution is 1.96. The molecule has 0 amide bonds. The molecule has 2 heterocycles. The predicted octanol–water partition coefficient (Wildman–Crippen LogP) is -0.00970. The van der Waals surface area contributed by atoms with Gasteiger partial charge in [-0.2, -0.15) is 0 Å². The quantitative estimate of drug-likeness (QED) is 0.711. The van der Waals surface area contributed by atoms with Gasteiger partial charge in [-0.25, -0.2) is 4.79 Å². The Balaban J connectivity index is 2.47. The second-order valence-corrected chi connectivity index (χ2v) is 3.49. The Morgan fingerprint density at radius 1 is 1.19 bits per heavy atom. The van der Waals surface area contributed by atoms with E-state index in [1.165, 1.54) is 21.4 Å². The first-order valence-electron chi connectivity index (χ1n) is 4.84. The maximum absolute atomic E-state index is 11.7. The third-order valence-electron chi connectivity index (χ3n) is 2.33. The maximum Gasteiger partial charge on any atom is 0.331 e. The van der Waals surface area contributed by atoms with Crippen LogP contribution in [0, 0.1) is 0 Å². The number of rotatable bonds is 2. The van der Waals surface area contributed by atoms with Crippen molar-refractivity contribution in [2.24, 2.45) is 7.05 Å². The molecule has 5 nitrogen and oxygen atoms in total. The van der Waals surface area contributed by atoms with Crippen molar-refractivity contribution < 1.29 is 0 Å². The normalized spacial score (nSPS) is 10.3. The summed E-state index contributed by atoms with van der Waals surface area (Å²) in [5.74, 6) is 0. The molecule has 0 unspecified atom stereocenters. The third kappa shape index (κ3) is 1.93. The molecule has 16 heavy (non-hydrogen) atoms. The number of aryl methyl sites for hydroxylation is 1. The second-order valence-electron chi connectivity index (χ2n) is 3.49. The lowest BCUT2D eigenvalue weighted by Gasteiger charge is -2.05. The minimum atomic E-state index is -0.315. The molecule has 0 aliphatic heterocycles. The summed E-state index contributed by atoms with van der Waals surface area (Å²) in [4.78, 5) is 27.1. The van der Waals surface area contributed by atoms with Gasteiger partial charge in [0.05, 0.1) is 6.54 Å². The largest absolute Gasteiger partial charge is 0.331 e. The number of pyridine rings is 1. The fourth-order valence-electron chi connectivity index (χ4n) is 1.43. The van der Waals surface area contributed by atoms with Crippen molar-refractivity contribution in [1.29, 1.82) is 0 Å². The smallest absolute Gasteiger partial charge is 0.303 e. The highest BCUT2D eigenvalue weighted by atomic mass is 16.2. The van der Waals surface area contributed by atoms with Crippen LogP contribution in [-0.2, 0) is 13.6 Å². The van der Waals surface area contributed by atoms with Gasteiger partial charge in [0.2, 0.25) is 0 Å². The van der Waals surface area contributed by atoms with Crippen LogP contribution in [0.5, 0.6) is 0 Å². The SMILES string of the molecule is Cn1ccc(=O)n(Cc2ccncc2)c1=O. The predicted molar refractivity (Wildman–Crippen MR) is 59.3 cm³/mol. The molecular formula is C11H11N3O2. The molecule has 0 aliphatic rings. The molecule has 82 valence electrons. The molecule has 5 heteroatoms. The van der Waals surface area contributed by atoms with E-state index in [0.717, 1.165) is 5.56 Å². The minimum absolute atomic E-state index is 0.273. The van der Waals surface area contributed by atoms with Crippen molar-refractivity contribution in [1.82, 2.24) is 14.1 Å². The average molecular weight is 217 g/mol. The topological polar surface area (TPSA) is 56.9 Å². The van der Waals surface area contributed by atoms with Crippen LogP contribution in [0.4, 0.5) is 0 Å². The zero-order valence-corrected chi connectivity index (χ0v) is 8.83. The Kier molecular flexibility index (Phi) is 2.68. The lowest BCUT2D eigenvalue weighted by atomic mass is 10.3. The molecule has 2 rings (SSSR count). The van der Waals surface area contributed by atoms with Gasteiger partial charge in [-0.3, -0.25) is 14.3 Å². The molecule has 0 N–H and O–H groups in total. The first-order chi connectivity index (χ1) is 7.68. The fraction of sp³-hybridized carbons (Fsp3) is 0.182. The number of nitrogens with zero attached hydrogens (tertiary/aromatic N) is 3. The summed E-state index contributed by atoms with van der Waals surface area (Å²) >= 11 is 0. The molecular weight excluding hydrogens is 206 g/mol. The maximum atomic E-state index is 11.7. The van der Waals surface area contributed by atoms with Gasteiger partial charge in [0.15, 0.2) is 0 Å². The molecule has 0 aliphatic carbocycles. The highest BCUT2D eigenvalue weighted by Gasteiger charge is 2.03. The molecule has 0 aromatic carbocycles. The van der Waals surface area contributed by atoms with Gasteiger partial charge < -0.3 is 4.57 Å². The summed E-state index contributed by atoms with van der Waals surface area (Å²) in [5, 5.41) is 0. The van der Waals surface area contributed by atoms with Crippen LogP contribution < -0.4 is 11.2 Å². The van der Waals surface area contributed by atoms with E-state index in [1.807, 2.05) is 0 Å². The monoisotopic (exact) mass is 217 g/mol. The van der Waals surface area contributed by atoms with E-state index >= 15 is 0 Å². The van der Waals surface area contributed by atoms with Crippen molar-refractivity contribution in [2.75, 3.05) is 0 Å². The van der Waals surface area contributed by atoms with Gasteiger partial charge in [0, 0.05) is 31.7 Å². The first kappa shape index (κ1) is 10.4. The number of aromatic nitrogens is 3. The van der Waals surface area contributed by atoms with E-state index < -0.39 is 0 Å². The van der Waals surface area contributed by atoms with Gasteiger partial charge in [-0.05, 0) is 17.7 Å². The molecule has 0 fully saturated rings. The molecule has 0 radical (unpaired) electrons. The molecule has 0 bridgehead atoms. The Labute approximate surface area is 91.6 Å². The Hall–Kier alpha value is -2.17. The number of hydrogen-bond acceptors (Lipinski definition) is 3. The Morgan fingerprint density at radius 2 is 1.88 bits per heavy atom. The summed E-state index contributed by atoms with van der Waals surface area (Å²) in [7, 11) is 1.62. The van der Waals surface area contributed by atoms with Crippen LogP contribution in [-0.4, -0.2) is 14.1 Å². The van der Waals surface area contributed by atoms with Crippen LogP contribution >= 0.6 is 0 Å². The summed E-state index contributed by atoms with van der Waals surface area (Å²) in [6.07, 6.45) is 4.73. The second kappa shape index (κ2) is 4.14. The Bertz CT molecular complexity index is 599. The van der Waals surface area contributed by atoms with Crippen LogP contribution in [0.25, 0.3) is 0 Å². The zero-order chi connectivity index (χ0) is 11.5. The highest BCUT2D eigenvalue weighted by molar-refractivity contribution is 5.10. The van der Waals surface area contributed by atoms with Crippen LogP contribution in [0.2, 0.25) is 0 Å². The molecule has 0 saturated heterocycles. The van der Waals surface area contributed by atoms with Gasteiger partial charge in [-0.15, -0.1) is 0 Å². The standard InChI is InChI=1S/C11H11N3O2/c1-13-7-4-10(15)14(11(13)16)8-9-2-5-12-6-3-9/h2-7H,8H2,1H3. The summed E-state index contributed by atoms with van der Waals surface area (Å²) in [5.41, 5.74) is 0.268.